The highest BCUT2D eigenvalue weighted by Gasteiger charge is 2.38. The van der Waals surface area contributed by atoms with Crippen LogP contribution in [0.25, 0.3) is 0 Å². The number of amides is 2. The molecule has 146 valence electrons. The number of hydrogen-bond acceptors (Lipinski definition) is 4. The van der Waals surface area contributed by atoms with Crippen molar-refractivity contribution in [1.29, 1.82) is 0 Å². The van der Waals surface area contributed by atoms with Crippen molar-refractivity contribution in [3.05, 3.63) is 34.9 Å². The zero-order chi connectivity index (χ0) is 18.8. The first-order chi connectivity index (χ1) is 13.1. The quantitative estimate of drug-likeness (QED) is 0.776. The number of hydrogen-bond donors (Lipinski definition) is 0. The molecule has 3 heterocycles. The summed E-state index contributed by atoms with van der Waals surface area (Å²) in [5, 5.41) is 0.753. The third-order valence-corrected chi connectivity index (χ3v) is 6.10. The van der Waals surface area contributed by atoms with Crippen LogP contribution in [0.5, 0.6) is 0 Å². The van der Waals surface area contributed by atoms with Crippen LogP contribution in [-0.2, 0) is 16.1 Å². The molecule has 1 aromatic rings. The van der Waals surface area contributed by atoms with Gasteiger partial charge in [0.05, 0.1) is 6.10 Å². The average Bonchev–Trinajstić information content (AvgIpc) is 2.69. The second-order valence-corrected chi connectivity index (χ2v) is 8.20. The Labute approximate surface area is 165 Å². The molecule has 0 aliphatic carbocycles. The number of carbonyl (C=O) groups is 2. The largest absolute Gasteiger partial charge is 0.370 e. The lowest BCUT2D eigenvalue weighted by atomic mass is 9.88. The molecule has 6 nitrogen and oxygen atoms in total. The highest BCUT2D eigenvalue weighted by molar-refractivity contribution is 6.30. The lowest BCUT2D eigenvalue weighted by Crippen LogP contribution is -2.56. The summed E-state index contributed by atoms with van der Waals surface area (Å²) >= 11 is 5.94. The first-order valence-corrected chi connectivity index (χ1v) is 10.1. The summed E-state index contributed by atoms with van der Waals surface area (Å²) in [4.78, 5) is 30.8. The predicted octanol–water partition coefficient (Wildman–Crippen LogP) is 2.26. The van der Waals surface area contributed by atoms with Crippen molar-refractivity contribution in [2.24, 2.45) is 5.92 Å². The molecule has 4 rings (SSSR count). The zero-order valence-electron chi connectivity index (χ0n) is 15.5. The average molecular weight is 392 g/mol. The summed E-state index contributed by atoms with van der Waals surface area (Å²) in [6.45, 7) is 5.71. The van der Waals surface area contributed by atoms with E-state index in [2.05, 4.69) is 17.0 Å². The Morgan fingerprint density at radius 3 is 2.56 bits per heavy atom. The molecule has 3 saturated heterocycles. The highest BCUT2D eigenvalue weighted by atomic mass is 35.5. The van der Waals surface area contributed by atoms with Gasteiger partial charge in [-0.05, 0) is 24.1 Å². The van der Waals surface area contributed by atoms with E-state index in [1.807, 2.05) is 21.9 Å². The minimum absolute atomic E-state index is 0.109. The summed E-state index contributed by atoms with van der Waals surface area (Å²) in [7, 11) is 0. The fourth-order valence-corrected chi connectivity index (χ4v) is 4.42. The lowest BCUT2D eigenvalue weighted by Gasteiger charge is -2.43. The minimum atomic E-state index is 0.109. The molecular weight excluding hydrogens is 366 g/mol. The van der Waals surface area contributed by atoms with E-state index in [0.717, 1.165) is 50.7 Å². The van der Waals surface area contributed by atoms with Crippen molar-refractivity contribution in [3.8, 4) is 0 Å². The number of carbonyl (C=O) groups excluding carboxylic acids is 2. The third-order valence-electron chi connectivity index (χ3n) is 5.85. The molecule has 0 N–H and O–H groups in total. The van der Waals surface area contributed by atoms with Crippen molar-refractivity contribution in [1.82, 2.24) is 14.7 Å². The van der Waals surface area contributed by atoms with Crippen LogP contribution in [0, 0.1) is 5.92 Å². The van der Waals surface area contributed by atoms with Gasteiger partial charge in [0, 0.05) is 63.2 Å². The number of urea groups is 1. The normalized spacial score (nSPS) is 26.8. The topological polar surface area (TPSA) is 53.1 Å². The monoisotopic (exact) mass is 391 g/mol. The molecule has 3 aliphatic rings. The van der Waals surface area contributed by atoms with Gasteiger partial charge in [-0.3, -0.25) is 9.69 Å². The number of likely N-dealkylation sites (tertiary alicyclic amines) is 1. The number of Topliss-reactive ketones (excluding diaryl/α,β-unsaturated/α-hetero) is 1. The summed E-state index contributed by atoms with van der Waals surface area (Å²) in [6, 6.07) is 8.05. The SMILES string of the molecule is O=C1CO[C@H]2CCN(C(=O)N3CCN(Cc4ccc(Cl)cc4)CC3)C[C@H]2C1. The molecule has 3 fully saturated rings. The van der Waals surface area contributed by atoms with Crippen LogP contribution in [0.15, 0.2) is 24.3 Å². The van der Waals surface area contributed by atoms with E-state index >= 15 is 0 Å². The zero-order valence-corrected chi connectivity index (χ0v) is 16.2. The second kappa shape index (κ2) is 8.17. The van der Waals surface area contributed by atoms with Crippen LogP contribution < -0.4 is 0 Å². The number of nitrogens with zero attached hydrogens (tertiary/aromatic N) is 3. The van der Waals surface area contributed by atoms with Gasteiger partial charge < -0.3 is 14.5 Å². The molecule has 0 aromatic heterocycles. The van der Waals surface area contributed by atoms with Crippen molar-refractivity contribution in [2.75, 3.05) is 45.9 Å². The van der Waals surface area contributed by atoms with E-state index in [0.29, 0.717) is 13.0 Å². The Balaban J connectivity index is 1.27. The smallest absolute Gasteiger partial charge is 0.320 e. The van der Waals surface area contributed by atoms with Gasteiger partial charge in [0.1, 0.15) is 6.61 Å². The van der Waals surface area contributed by atoms with E-state index in [4.69, 9.17) is 16.3 Å². The molecule has 0 saturated carbocycles. The van der Waals surface area contributed by atoms with Crippen molar-refractivity contribution in [2.45, 2.75) is 25.5 Å². The Morgan fingerprint density at radius 1 is 1.07 bits per heavy atom. The Kier molecular flexibility index (Phi) is 5.66. The van der Waals surface area contributed by atoms with E-state index in [1.54, 1.807) is 0 Å². The van der Waals surface area contributed by atoms with Crippen LogP contribution in [0.1, 0.15) is 18.4 Å². The van der Waals surface area contributed by atoms with E-state index in [-0.39, 0.29) is 30.4 Å². The molecule has 3 aliphatic heterocycles. The van der Waals surface area contributed by atoms with Gasteiger partial charge in [0.25, 0.3) is 0 Å². The number of ketones is 1. The molecule has 2 atom stereocenters. The maximum atomic E-state index is 12.9. The molecule has 1 aromatic carbocycles. The van der Waals surface area contributed by atoms with Crippen molar-refractivity contribution < 1.29 is 14.3 Å². The van der Waals surface area contributed by atoms with Gasteiger partial charge in [-0.15, -0.1) is 0 Å². The molecule has 0 spiro atoms. The maximum Gasteiger partial charge on any atom is 0.320 e. The number of rotatable bonds is 2. The summed E-state index contributed by atoms with van der Waals surface area (Å²) in [5.74, 6) is 0.316. The lowest BCUT2D eigenvalue weighted by molar-refractivity contribution is -0.140. The van der Waals surface area contributed by atoms with Gasteiger partial charge in [-0.25, -0.2) is 4.79 Å². The van der Waals surface area contributed by atoms with Crippen LogP contribution in [0.4, 0.5) is 4.79 Å². The Morgan fingerprint density at radius 2 is 1.81 bits per heavy atom. The summed E-state index contributed by atoms with van der Waals surface area (Å²) < 4.78 is 5.63. The standard InChI is InChI=1S/C20H26ClN3O3/c21-17-3-1-15(2-4-17)12-22-7-9-23(10-8-22)20(26)24-6-5-19-16(13-24)11-18(25)14-27-19/h1-4,16,19H,5-14H2/t16-,19+/m1/s1. The number of piperidine rings is 1. The second-order valence-electron chi connectivity index (χ2n) is 7.76. The van der Waals surface area contributed by atoms with Crippen LogP contribution in [-0.4, -0.2) is 78.5 Å². The molecule has 0 unspecified atom stereocenters. The number of piperazine rings is 1. The molecule has 0 radical (unpaired) electrons. The maximum absolute atomic E-state index is 12.9. The molecule has 2 amide bonds. The number of ether oxygens (including phenoxy) is 1. The molecule has 27 heavy (non-hydrogen) atoms. The first kappa shape index (κ1) is 18.7. The van der Waals surface area contributed by atoms with Crippen LogP contribution in [0.2, 0.25) is 5.02 Å². The summed E-state index contributed by atoms with van der Waals surface area (Å²) in [5.41, 5.74) is 1.24. The van der Waals surface area contributed by atoms with Crippen molar-refractivity contribution in [3.63, 3.8) is 0 Å². The number of benzene rings is 1. The Hall–Kier alpha value is -1.63. The van der Waals surface area contributed by atoms with Gasteiger partial charge in [0.15, 0.2) is 5.78 Å². The number of halogens is 1. The highest BCUT2D eigenvalue weighted by Crippen LogP contribution is 2.27. The minimum Gasteiger partial charge on any atom is -0.370 e. The molecular formula is C20H26ClN3O3. The van der Waals surface area contributed by atoms with Gasteiger partial charge in [-0.2, -0.15) is 0 Å². The summed E-state index contributed by atoms with van der Waals surface area (Å²) in [6.07, 6.45) is 1.52. The van der Waals surface area contributed by atoms with Crippen LogP contribution >= 0.6 is 11.6 Å². The molecule has 0 bridgehead atoms. The predicted molar refractivity (Wildman–Crippen MR) is 103 cm³/mol. The van der Waals surface area contributed by atoms with E-state index in [1.165, 1.54) is 5.56 Å². The first-order valence-electron chi connectivity index (χ1n) is 9.72. The fourth-order valence-electron chi connectivity index (χ4n) is 4.30. The van der Waals surface area contributed by atoms with E-state index < -0.39 is 0 Å². The number of fused-ring (bicyclic) bond motifs is 1. The van der Waals surface area contributed by atoms with Crippen molar-refractivity contribution >= 4 is 23.4 Å². The molecule has 7 heteroatoms. The van der Waals surface area contributed by atoms with Gasteiger partial charge in [-0.1, -0.05) is 23.7 Å². The van der Waals surface area contributed by atoms with E-state index in [9.17, 15) is 9.59 Å². The van der Waals surface area contributed by atoms with Gasteiger partial charge >= 0.3 is 6.03 Å². The van der Waals surface area contributed by atoms with Gasteiger partial charge in [0.2, 0.25) is 0 Å². The Bertz CT molecular complexity index is 688. The fraction of sp³-hybridized carbons (Fsp3) is 0.600. The van der Waals surface area contributed by atoms with Crippen LogP contribution in [0.3, 0.4) is 0 Å². The third kappa shape index (κ3) is 4.45.